The molecule has 1 rings (SSSR count). The zero-order valence-corrected chi connectivity index (χ0v) is 11.2. The van der Waals surface area contributed by atoms with Crippen molar-refractivity contribution in [1.82, 2.24) is 9.78 Å². The number of ether oxygens (including phenoxy) is 1. The Bertz CT molecular complexity index is 427. The van der Waals surface area contributed by atoms with Crippen molar-refractivity contribution < 1.29 is 9.53 Å². The van der Waals surface area contributed by atoms with E-state index in [0.29, 0.717) is 11.3 Å². The second kappa shape index (κ2) is 4.73. The summed E-state index contributed by atoms with van der Waals surface area (Å²) in [6.07, 6.45) is 3.02. The fourth-order valence-electron chi connectivity index (χ4n) is 1.28. The van der Waals surface area contributed by atoms with Crippen LogP contribution in [0.1, 0.15) is 43.7 Å². The Kier molecular flexibility index (Phi) is 3.76. The zero-order chi connectivity index (χ0) is 13.2. The first-order valence-corrected chi connectivity index (χ1v) is 5.66. The van der Waals surface area contributed by atoms with E-state index >= 15 is 0 Å². The topological polar surface area (TPSA) is 44.1 Å². The summed E-state index contributed by atoms with van der Waals surface area (Å²) in [4.78, 5) is 11.9. The van der Waals surface area contributed by atoms with E-state index in [9.17, 15) is 4.79 Å². The quantitative estimate of drug-likeness (QED) is 0.598. The van der Waals surface area contributed by atoms with Gasteiger partial charge in [-0.3, -0.25) is 4.68 Å². The highest BCUT2D eigenvalue weighted by Gasteiger charge is 2.21. The first-order valence-electron chi connectivity index (χ1n) is 5.66. The van der Waals surface area contributed by atoms with E-state index in [1.54, 1.807) is 30.8 Å². The molecule has 1 heterocycles. The SMILES string of the molecule is C=C[C@@H](C)OC(=O)c1cn(C(C)(C)C)nc1C. The number of esters is 1. The maximum atomic E-state index is 11.9. The van der Waals surface area contributed by atoms with Crippen LogP contribution >= 0.6 is 0 Å². The Morgan fingerprint density at radius 1 is 1.59 bits per heavy atom. The standard InChI is InChI=1S/C13H20N2O2/c1-7-9(2)17-12(16)11-8-15(13(4,5)6)14-10(11)3/h7-9H,1H2,2-6H3/t9-/m1/s1. The molecule has 0 aliphatic heterocycles. The molecule has 4 nitrogen and oxygen atoms in total. The van der Waals surface area contributed by atoms with Gasteiger partial charge < -0.3 is 4.74 Å². The first kappa shape index (κ1) is 13.5. The summed E-state index contributed by atoms with van der Waals surface area (Å²) in [5, 5.41) is 4.33. The van der Waals surface area contributed by atoms with Crippen LogP contribution in [0.25, 0.3) is 0 Å². The Hall–Kier alpha value is -1.58. The van der Waals surface area contributed by atoms with Crippen molar-refractivity contribution in [2.75, 3.05) is 0 Å². The van der Waals surface area contributed by atoms with Gasteiger partial charge in [-0.15, -0.1) is 0 Å². The van der Waals surface area contributed by atoms with Gasteiger partial charge in [0.1, 0.15) is 11.7 Å². The second-order valence-corrected chi connectivity index (χ2v) is 5.09. The van der Waals surface area contributed by atoms with E-state index in [1.807, 2.05) is 20.8 Å². The molecule has 0 spiro atoms. The normalized spacial score (nSPS) is 13.2. The van der Waals surface area contributed by atoms with Crippen molar-refractivity contribution in [2.24, 2.45) is 0 Å². The van der Waals surface area contributed by atoms with Crippen LogP contribution in [0, 0.1) is 6.92 Å². The van der Waals surface area contributed by atoms with Crippen molar-refractivity contribution in [2.45, 2.75) is 46.3 Å². The summed E-state index contributed by atoms with van der Waals surface area (Å²) in [7, 11) is 0. The number of hydrogen-bond acceptors (Lipinski definition) is 3. The molecule has 0 radical (unpaired) electrons. The molecule has 0 bridgehead atoms. The maximum absolute atomic E-state index is 11.9. The molecule has 0 fully saturated rings. The summed E-state index contributed by atoms with van der Waals surface area (Å²) in [5.74, 6) is -0.356. The molecule has 1 aromatic heterocycles. The number of carbonyl (C=O) groups is 1. The van der Waals surface area contributed by atoms with Crippen molar-refractivity contribution >= 4 is 5.97 Å². The van der Waals surface area contributed by atoms with Gasteiger partial charge in [0.05, 0.1) is 11.2 Å². The van der Waals surface area contributed by atoms with Crippen LogP contribution in [0.5, 0.6) is 0 Å². The van der Waals surface area contributed by atoms with Crippen LogP contribution in [0.3, 0.4) is 0 Å². The molecule has 0 N–H and O–H groups in total. The summed E-state index contributed by atoms with van der Waals surface area (Å²) in [6, 6.07) is 0. The predicted molar refractivity (Wildman–Crippen MR) is 67.0 cm³/mol. The Balaban J connectivity index is 2.96. The summed E-state index contributed by atoms with van der Waals surface area (Å²) >= 11 is 0. The molecule has 1 atom stereocenters. The van der Waals surface area contributed by atoms with Gasteiger partial charge in [0.25, 0.3) is 0 Å². The lowest BCUT2D eigenvalue weighted by Gasteiger charge is -2.18. The van der Waals surface area contributed by atoms with Gasteiger partial charge in [-0.1, -0.05) is 12.7 Å². The summed E-state index contributed by atoms with van der Waals surface area (Å²) in [5.41, 5.74) is 1.04. The number of nitrogens with zero attached hydrogens (tertiary/aromatic N) is 2. The van der Waals surface area contributed by atoms with Gasteiger partial charge in [0, 0.05) is 6.20 Å². The molecular formula is C13H20N2O2. The third-order valence-corrected chi connectivity index (χ3v) is 2.43. The number of rotatable bonds is 3. The molecule has 0 saturated heterocycles. The Labute approximate surface area is 102 Å². The average Bonchev–Trinajstić information content (AvgIpc) is 2.59. The van der Waals surface area contributed by atoms with Crippen LogP contribution in [0.15, 0.2) is 18.9 Å². The van der Waals surface area contributed by atoms with Gasteiger partial charge in [-0.05, 0) is 34.6 Å². The monoisotopic (exact) mass is 236 g/mol. The molecule has 0 aromatic carbocycles. The predicted octanol–water partition coefficient (Wildman–Crippen LogP) is 2.68. The Morgan fingerprint density at radius 3 is 2.59 bits per heavy atom. The minimum Gasteiger partial charge on any atom is -0.455 e. The fraction of sp³-hybridized carbons (Fsp3) is 0.538. The highest BCUT2D eigenvalue weighted by Crippen LogP contribution is 2.17. The zero-order valence-electron chi connectivity index (χ0n) is 11.2. The van der Waals surface area contributed by atoms with Gasteiger partial charge in [0.15, 0.2) is 0 Å². The molecule has 4 heteroatoms. The minimum absolute atomic E-state index is 0.145. The van der Waals surface area contributed by atoms with E-state index in [4.69, 9.17) is 4.74 Å². The molecule has 0 amide bonds. The molecule has 0 saturated carbocycles. The maximum Gasteiger partial charge on any atom is 0.342 e. The van der Waals surface area contributed by atoms with Crippen molar-refractivity contribution in [3.63, 3.8) is 0 Å². The first-order chi connectivity index (χ1) is 7.75. The molecule has 94 valence electrons. The number of hydrogen-bond donors (Lipinski definition) is 0. The highest BCUT2D eigenvalue weighted by molar-refractivity contribution is 5.90. The number of carbonyl (C=O) groups excluding carboxylic acids is 1. The molecule has 0 unspecified atom stereocenters. The third kappa shape index (κ3) is 3.19. The molecule has 0 aliphatic carbocycles. The number of aromatic nitrogens is 2. The van der Waals surface area contributed by atoms with E-state index < -0.39 is 0 Å². The summed E-state index contributed by atoms with van der Waals surface area (Å²) in [6.45, 7) is 13.2. The molecule has 0 aliphatic rings. The average molecular weight is 236 g/mol. The van der Waals surface area contributed by atoms with Gasteiger partial charge in [-0.25, -0.2) is 4.79 Å². The minimum atomic E-state index is -0.356. The third-order valence-electron chi connectivity index (χ3n) is 2.43. The summed E-state index contributed by atoms with van der Waals surface area (Å²) < 4.78 is 6.96. The highest BCUT2D eigenvalue weighted by atomic mass is 16.5. The second-order valence-electron chi connectivity index (χ2n) is 5.09. The van der Waals surface area contributed by atoms with Crippen LogP contribution in [0.4, 0.5) is 0 Å². The lowest BCUT2D eigenvalue weighted by molar-refractivity contribution is 0.0424. The van der Waals surface area contributed by atoms with E-state index in [-0.39, 0.29) is 17.6 Å². The van der Waals surface area contributed by atoms with Crippen molar-refractivity contribution in [3.8, 4) is 0 Å². The van der Waals surface area contributed by atoms with Gasteiger partial charge in [0.2, 0.25) is 0 Å². The number of aryl methyl sites for hydroxylation is 1. The van der Waals surface area contributed by atoms with Gasteiger partial charge >= 0.3 is 5.97 Å². The van der Waals surface area contributed by atoms with Crippen LogP contribution < -0.4 is 0 Å². The Morgan fingerprint density at radius 2 is 2.18 bits per heavy atom. The largest absolute Gasteiger partial charge is 0.455 e. The van der Waals surface area contributed by atoms with E-state index in [1.165, 1.54) is 0 Å². The van der Waals surface area contributed by atoms with Crippen LogP contribution in [0.2, 0.25) is 0 Å². The van der Waals surface area contributed by atoms with Crippen LogP contribution in [-0.2, 0) is 10.3 Å². The van der Waals surface area contributed by atoms with Crippen molar-refractivity contribution in [3.05, 3.63) is 30.1 Å². The van der Waals surface area contributed by atoms with Crippen molar-refractivity contribution in [1.29, 1.82) is 0 Å². The van der Waals surface area contributed by atoms with E-state index in [0.717, 1.165) is 0 Å². The molecule has 17 heavy (non-hydrogen) atoms. The molecular weight excluding hydrogens is 216 g/mol. The fourth-order valence-corrected chi connectivity index (χ4v) is 1.28. The van der Waals surface area contributed by atoms with E-state index in [2.05, 4.69) is 11.7 Å². The van der Waals surface area contributed by atoms with Crippen LogP contribution in [-0.4, -0.2) is 21.9 Å². The van der Waals surface area contributed by atoms with Gasteiger partial charge in [-0.2, -0.15) is 5.10 Å². The lowest BCUT2D eigenvalue weighted by Crippen LogP contribution is -2.22. The smallest absolute Gasteiger partial charge is 0.342 e. The molecule has 1 aromatic rings. The lowest BCUT2D eigenvalue weighted by atomic mass is 10.1.